The van der Waals surface area contributed by atoms with Gasteiger partial charge in [-0.1, -0.05) is 0 Å². The second-order valence-corrected chi connectivity index (χ2v) is 5.00. The van der Waals surface area contributed by atoms with Crippen LogP contribution in [-0.2, 0) is 0 Å². The minimum absolute atomic E-state index is 0. The molecule has 1 aromatic carbocycles. The van der Waals surface area contributed by atoms with Crippen molar-refractivity contribution in [2.24, 2.45) is 0 Å². The Morgan fingerprint density at radius 2 is 2.28 bits per heavy atom. The van der Waals surface area contributed by atoms with Crippen LogP contribution < -0.4 is 10.6 Å². The van der Waals surface area contributed by atoms with E-state index in [4.69, 9.17) is 0 Å². The number of benzene rings is 1. The third-order valence-corrected chi connectivity index (χ3v) is 3.46. The van der Waals surface area contributed by atoms with Gasteiger partial charge in [0, 0.05) is 18.2 Å². The van der Waals surface area contributed by atoms with Gasteiger partial charge in [0.05, 0.1) is 4.47 Å². The quantitative estimate of drug-likeness (QED) is 0.870. The van der Waals surface area contributed by atoms with E-state index in [1.807, 2.05) is 0 Å². The van der Waals surface area contributed by atoms with Gasteiger partial charge in [0.2, 0.25) is 0 Å². The zero-order valence-electron chi connectivity index (χ0n) is 9.71. The summed E-state index contributed by atoms with van der Waals surface area (Å²) in [4.78, 5) is 11.9. The number of nitrogens with one attached hydrogen (secondary N) is 2. The van der Waals surface area contributed by atoms with Crippen molar-refractivity contribution < 1.29 is 9.18 Å². The molecular formula is C12H15BrClFN2O. The van der Waals surface area contributed by atoms with Crippen LogP contribution in [0.15, 0.2) is 22.7 Å². The smallest absolute Gasteiger partial charge is 0.251 e. The summed E-state index contributed by atoms with van der Waals surface area (Å²) in [5.41, 5.74) is 0.358. The van der Waals surface area contributed by atoms with Gasteiger partial charge in [-0.3, -0.25) is 4.79 Å². The summed E-state index contributed by atoms with van der Waals surface area (Å²) in [5.74, 6) is -0.635. The normalized spacial score (nSPS) is 18.9. The van der Waals surface area contributed by atoms with E-state index in [0.29, 0.717) is 10.0 Å². The molecule has 0 radical (unpaired) electrons. The van der Waals surface area contributed by atoms with E-state index in [1.54, 1.807) is 12.1 Å². The first-order valence-electron chi connectivity index (χ1n) is 5.63. The van der Waals surface area contributed by atoms with Crippen LogP contribution in [0.4, 0.5) is 4.39 Å². The van der Waals surface area contributed by atoms with Gasteiger partial charge in [-0.15, -0.1) is 12.4 Å². The van der Waals surface area contributed by atoms with Gasteiger partial charge in [0.1, 0.15) is 5.82 Å². The van der Waals surface area contributed by atoms with Gasteiger partial charge >= 0.3 is 0 Å². The van der Waals surface area contributed by atoms with Gasteiger partial charge in [-0.25, -0.2) is 4.39 Å². The molecule has 1 saturated heterocycles. The van der Waals surface area contributed by atoms with Crippen molar-refractivity contribution >= 4 is 34.2 Å². The first-order chi connectivity index (χ1) is 8.16. The largest absolute Gasteiger partial charge is 0.348 e. The lowest BCUT2D eigenvalue weighted by molar-refractivity contribution is 0.0930. The molecule has 0 saturated carbocycles. The number of carbonyl (C=O) groups excluding carboxylic acids is 1. The lowest BCUT2D eigenvalue weighted by atomic mass is 10.1. The third-order valence-electron chi connectivity index (χ3n) is 2.81. The molecule has 0 aliphatic carbocycles. The van der Waals surface area contributed by atoms with Gasteiger partial charge < -0.3 is 10.6 Å². The van der Waals surface area contributed by atoms with Gasteiger partial charge in [0.25, 0.3) is 5.91 Å². The number of carbonyl (C=O) groups is 1. The molecule has 0 aromatic heterocycles. The standard InChI is InChI=1S/C12H14BrFN2O.ClH/c13-10-4-3-8(6-11(10)14)12(17)16-9-2-1-5-15-7-9;/h3-4,6,9,15H,1-2,5,7H2,(H,16,17);1H/t9-;/m0./s1. The van der Waals surface area contributed by atoms with Gasteiger partial charge in [-0.2, -0.15) is 0 Å². The molecule has 1 aliphatic heterocycles. The number of hydrogen-bond acceptors (Lipinski definition) is 2. The van der Waals surface area contributed by atoms with E-state index in [-0.39, 0.29) is 24.4 Å². The Bertz CT molecular complexity index is 425. The van der Waals surface area contributed by atoms with Crippen molar-refractivity contribution in [2.45, 2.75) is 18.9 Å². The van der Waals surface area contributed by atoms with Crippen LogP contribution in [0.1, 0.15) is 23.2 Å². The number of halogens is 3. The predicted octanol–water partition coefficient (Wildman–Crippen LogP) is 2.49. The van der Waals surface area contributed by atoms with E-state index in [9.17, 15) is 9.18 Å². The zero-order chi connectivity index (χ0) is 12.3. The molecule has 1 fully saturated rings. The predicted molar refractivity (Wildman–Crippen MR) is 74.7 cm³/mol. The average Bonchev–Trinajstić information content (AvgIpc) is 2.34. The Labute approximate surface area is 120 Å². The van der Waals surface area contributed by atoms with Crippen molar-refractivity contribution in [1.82, 2.24) is 10.6 Å². The first kappa shape index (κ1) is 15.4. The second kappa shape index (κ2) is 7.07. The molecule has 1 atom stereocenters. The fourth-order valence-corrected chi connectivity index (χ4v) is 2.13. The summed E-state index contributed by atoms with van der Waals surface area (Å²) in [6.07, 6.45) is 2.03. The topological polar surface area (TPSA) is 41.1 Å². The van der Waals surface area contributed by atoms with Crippen LogP contribution in [0.2, 0.25) is 0 Å². The lowest BCUT2D eigenvalue weighted by Crippen LogP contribution is -2.45. The molecule has 18 heavy (non-hydrogen) atoms. The van der Waals surface area contributed by atoms with Crippen molar-refractivity contribution in [2.75, 3.05) is 13.1 Å². The highest BCUT2D eigenvalue weighted by molar-refractivity contribution is 9.10. The maximum Gasteiger partial charge on any atom is 0.251 e. The number of piperidine rings is 1. The van der Waals surface area contributed by atoms with Crippen LogP contribution in [0.25, 0.3) is 0 Å². The van der Waals surface area contributed by atoms with Crippen LogP contribution in [0.3, 0.4) is 0 Å². The molecule has 6 heteroatoms. The van der Waals surface area contributed by atoms with E-state index in [2.05, 4.69) is 26.6 Å². The van der Waals surface area contributed by atoms with Gasteiger partial charge in [0.15, 0.2) is 0 Å². The van der Waals surface area contributed by atoms with Crippen LogP contribution >= 0.6 is 28.3 Å². The summed E-state index contributed by atoms with van der Waals surface area (Å²) in [6.45, 7) is 1.78. The van der Waals surface area contributed by atoms with Crippen LogP contribution in [-0.4, -0.2) is 25.0 Å². The molecule has 0 spiro atoms. The van der Waals surface area contributed by atoms with Crippen LogP contribution in [0.5, 0.6) is 0 Å². The monoisotopic (exact) mass is 336 g/mol. The Balaban J connectivity index is 0.00000162. The summed E-state index contributed by atoms with van der Waals surface area (Å²) in [5, 5.41) is 6.11. The zero-order valence-corrected chi connectivity index (χ0v) is 12.1. The van der Waals surface area contributed by atoms with E-state index in [0.717, 1.165) is 25.9 Å². The summed E-state index contributed by atoms with van der Waals surface area (Å²) < 4.78 is 13.6. The highest BCUT2D eigenvalue weighted by atomic mass is 79.9. The molecule has 2 rings (SSSR count). The number of hydrogen-bond donors (Lipinski definition) is 2. The molecule has 1 heterocycles. The number of amides is 1. The van der Waals surface area contributed by atoms with Crippen molar-refractivity contribution in [3.63, 3.8) is 0 Å². The maximum atomic E-state index is 13.3. The molecule has 1 amide bonds. The van der Waals surface area contributed by atoms with E-state index >= 15 is 0 Å². The highest BCUT2D eigenvalue weighted by Gasteiger charge is 2.16. The molecule has 2 N–H and O–H groups in total. The van der Waals surface area contributed by atoms with E-state index in [1.165, 1.54) is 6.07 Å². The minimum atomic E-state index is -0.417. The SMILES string of the molecule is Cl.O=C(N[C@H]1CCCNC1)c1ccc(Br)c(F)c1. The number of rotatable bonds is 2. The molecule has 1 aromatic rings. The summed E-state index contributed by atoms with van der Waals surface area (Å²) in [6, 6.07) is 4.54. The fourth-order valence-electron chi connectivity index (χ4n) is 1.88. The third kappa shape index (κ3) is 3.93. The lowest BCUT2D eigenvalue weighted by Gasteiger charge is -2.23. The Hall–Kier alpha value is -0.650. The maximum absolute atomic E-state index is 13.3. The molecule has 100 valence electrons. The van der Waals surface area contributed by atoms with E-state index < -0.39 is 5.82 Å². The minimum Gasteiger partial charge on any atom is -0.348 e. The molecule has 3 nitrogen and oxygen atoms in total. The fraction of sp³-hybridized carbons (Fsp3) is 0.417. The Morgan fingerprint density at radius 3 is 2.89 bits per heavy atom. The summed E-state index contributed by atoms with van der Waals surface area (Å²) in [7, 11) is 0. The average molecular weight is 338 g/mol. The molecular weight excluding hydrogens is 322 g/mol. The Kier molecular flexibility index (Phi) is 6.05. The first-order valence-corrected chi connectivity index (χ1v) is 6.43. The summed E-state index contributed by atoms with van der Waals surface area (Å²) >= 11 is 3.06. The second-order valence-electron chi connectivity index (χ2n) is 4.15. The molecule has 1 aliphatic rings. The molecule has 0 bridgehead atoms. The van der Waals surface area contributed by atoms with Crippen molar-refractivity contribution in [3.05, 3.63) is 34.1 Å². The highest BCUT2D eigenvalue weighted by Crippen LogP contribution is 2.16. The van der Waals surface area contributed by atoms with Crippen molar-refractivity contribution in [3.8, 4) is 0 Å². The van der Waals surface area contributed by atoms with Gasteiger partial charge in [-0.05, 0) is 53.5 Å². The van der Waals surface area contributed by atoms with Crippen LogP contribution in [0, 0.1) is 5.82 Å². The van der Waals surface area contributed by atoms with Crippen molar-refractivity contribution in [1.29, 1.82) is 0 Å². The Morgan fingerprint density at radius 1 is 1.50 bits per heavy atom. The molecule has 0 unspecified atom stereocenters.